The smallest absolute Gasteiger partial charge is 0.306 e. The lowest BCUT2D eigenvalue weighted by atomic mass is 10.1. The second-order valence-electron chi connectivity index (χ2n) is 18.4. The van der Waals surface area contributed by atoms with Gasteiger partial charge in [0.15, 0.2) is 6.10 Å². The lowest BCUT2D eigenvalue weighted by Gasteiger charge is -2.18. The summed E-state index contributed by atoms with van der Waals surface area (Å²) in [7, 11) is 0. The van der Waals surface area contributed by atoms with Gasteiger partial charge >= 0.3 is 11.9 Å². The number of rotatable bonds is 51. The molecule has 0 radical (unpaired) electrons. The zero-order valence-corrected chi connectivity index (χ0v) is 43.7. The van der Waals surface area contributed by atoms with E-state index in [1.165, 1.54) is 135 Å². The molecule has 0 saturated heterocycles. The minimum atomic E-state index is -0.554. The predicted molar refractivity (Wildman–Crippen MR) is 288 cm³/mol. The van der Waals surface area contributed by atoms with E-state index in [4.69, 9.17) is 14.2 Å². The third-order valence-electron chi connectivity index (χ3n) is 11.9. The molecule has 0 aromatic rings. The van der Waals surface area contributed by atoms with Gasteiger partial charge in [0.05, 0.1) is 6.61 Å². The average Bonchev–Trinajstić information content (AvgIpc) is 3.32. The Morgan fingerprint density at radius 2 is 0.682 bits per heavy atom. The normalized spacial score (nSPS) is 12.8. The van der Waals surface area contributed by atoms with Gasteiger partial charge in [0.1, 0.15) is 6.61 Å². The van der Waals surface area contributed by atoms with Crippen molar-refractivity contribution in [2.24, 2.45) is 0 Å². The fourth-order valence-corrected chi connectivity index (χ4v) is 7.70. The first-order chi connectivity index (χ1) is 32.6. The second kappa shape index (κ2) is 56.4. The summed E-state index contributed by atoms with van der Waals surface area (Å²) in [5.41, 5.74) is 0. The van der Waals surface area contributed by atoms with Crippen LogP contribution in [0.25, 0.3) is 0 Å². The van der Waals surface area contributed by atoms with Crippen molar-refractivity contribution in [3.8, 4) is 0 Å². The van der Waals surface area contributed by atoms with E-state index >= 15 is 0 Å². The molecule has 0 heterocycles. The van der Waals surface area contributed by atoms with Crippen LogP contribution in [0.1, 0.15) is 265 Å². The Balaban J connectivity index is 4.30. The molecule has 0 bridgehead atoms. The SMILES string of the molecule is CC/C=C\C/C=C\C/C=C\CCCCCCCCCC(=O)OCC(COCCCCCCCCC/C=C\C/C=C\C/C=C\CCCCC)OC(=O)CCCCCCC/C=C\CCCCCC. The van der Waals surface area contributed by atoms with Crippen LogP contribution in [0, 0.1) is 0 Å². The summed E-state index contributed by atoms with van der Waals surface area (Å²) in [6.07, 6.45) is 74.5. The van der Waals surface area contributed by atoms with Crippen LogP contribution in [0.3, 0.4) is 0 Å². The minimum Gasteiger partial charge on any atom is -0.462 e. The Morgan fingerprint density at radius 3 is 1.14 bits per heavy atom. The van der Waals surface area contributed by atoms with Crippen molar-refractivity contribution in [2.45, 2.75) is 271 Å². The fourth-order valence-electron chi connectivity index (χ4n) is 7.70. The molecule has 5 heteroatoms. The Bertz CT molecular complexity index is 1220. The Kier molecular flexibility index (Phi) is 53.9. The minimum absolute atomic E-state index is 0.0699. The third kappa shape index (κ3) is 53.7. The Morgan fingerprint density at radius 1 is 0.348 bits per heavy atom. The molecule has 0 amide bonds. The van der Waals surface area contributed by atoms with Crippen LogP contribution in [0.2, 0.25) is 0 Å². The Hall–Kier alpha value is -2.92. The van der Waals surface area contributed by atoms with Gasteiger partial charge in [-0.3, -0.25) is 9.59 Å². The zero-order valence-electron chi connectivity index (χ0n) is 43.7. The van der Waals surface area contributed by atoms with Crippen molar-refractivity contribution in [3.05, 3.63) is 85.1 Å². The van der Waals surface area contributed by atoms with Gasteiger partial charge in [-0.15, -0.1) is 0 Å². The topological polar surface area (TPSA) is 61.8 Å². The zero-order chi connectivity index (χ0) is 47.7. The molecule has 0 saturated carbocycles. The molecule has 0 aromatic carbocycles. The summed E-state index contributed by atoms with van der Waals surface area (Å²) in [5.74, 6) is -0.421. The van der Waals surface area contributed by atoms with Crippen LogP contribution in [0.5, 0.6) is 0 Å². The van der Waals surface area contributed by atoms with Gasteiger partial charge < -0.3 is 14.2 Å². The van der Waals surface area contributed by atoms with Crippen LogP contribution in [0.15, 0.2) is 85.1 Å². The number of hydrogen-bond acceptors (Lipinski definition) is 5. The van der Waals surface area contributed by atoms with Gasteiger partial charge in [0.25, 0.3) is 0 Å². The molecule has 66 heavy (non-hydrogen) atoms. The van der Waals surface area contributed by atoms with Crippen LogP contribution < -0.4 is 0 Å². The molecule has 0 aliphatic carbocycles. The highest BCUT2D eigenvalue weighted by atomic mass is 16.6. The van der Waals surface area contributed by atoms with Crippen LogP contribution in [-0.4, -0.2) is 37.9 Å². The van der Waals surface area contributed by atoms with E-state index in [2.05, 4.69) is 106 Å². The molecule has 1 atom stereocenters. The standard InChI is InChI=1S/C61H106O5/c1-4-7-10-13-16-19-22-25-27-29-30-31-33-35-38-41-44-47-50-53-56-64-57-59(66-61(63)55-52-49-46-43-40-36-24-21-18-15-12-9-6-3)58-65-60(62)54-51-48-45-42-39-37-34-32-28-26-23-20-17-14-11-8-5-2/h8,11,16-17,19-21,24-28,30-31,59H,4-7,9-10,12-15,18,22-23,29,32-58H2,1-3H3/b11-8-,19-16-,20-17-,24-21-,27-25-,28-26-,31-30-. The van der Waals surface area contributed by atoms with Gasteiger partial charge in [-0.25, -0.2) is 0 Å². The highest BCUT2D eigenvalue weighted by Gasteiger charge is 2.17. The van der Waals surface area contributed by atoms with E-state index in [0.29, 0.717) is 19.4 Å². The van der Waals surface area contributed by atoms with Gasteiger partial charge in [0, 0.05) is 19.4 Å². The van der Waals surface area contributed by atoms with Gasteiger partial charge in [-0.05, 0) is 116 Å². The number of carbonyl (C=O) groups excluding carboxylic acids is 2. The van der Waals surface area contributed by atoms with E-state index in [0.717, 1.165) is 96.3 Å². The summed E-state index contributed by atoms with van der Waals surface area (Å²) in [6, 6.07) is 0. The number of carbonyl (C=O) groups is 2. The Labute approximate surface area is 409 Å². The third-order valence-corrected chi connectivity index (χ3v) is 11.9. The molecular formula is C61H106O5. The van der Waals surface area contributed by atoms with E-state index in [1.807, 2.05) is 0 Å². The second-order valence-corrected chi connectivity index (χ2v) is 18.4. The lowest BCUT2D eigenvalue weighted by Crippen LogP contribution is -2.30. The molecule has 380 valence electrons. The van der Waals surface area contributed by atoms with Gasteiger partial charge in [0.2, 0.25) is 0 Å². The highest BCUT2D eigenvalue weighted by molar-refractivity contribution is 5.70. The van der Waals surface area contributed by atoms with E-state index < -0.39 is 6.10 Å². The molecule has 0 aliphatic rings. The maximum atomic E-state index is 12.8. The molecule has 0 N–H and O–H groups in total. The van der Waals surface area contributed by atoms with Gasteiger partial charge in [-0.2, -0.15) is 0 Å². The molecule has 0 aliphatic heterocycles. The molecule has 5 nitrogen and oxygen atoms in total. The van der Waals surface area contributed by atoms with Crippen molar-refractivity contribution in [1.82, 2.24) is 0 Å². The molecule has 0 rings (SSSR count). The summed E-state index contributed by atoms with van der Waals surface area (Å²) >= 11 is 0. The maximum Gasteiger partial charge on any atom is 0.306 e. The average molecular weight is 920 g/mol. The first kappa shape index (κ1) is 63.1. The van der Waals surface area contributed by atoms with Crippen molar-refractivity contribution in [3.63, 3.8) is 0 Å². The first-order valence-electron chi connectivity index (χ1n) is 28.1. The predicted octanol–water partition coefficient (Wildman–Crippen LogP) is 19.2. The molecule has 0 fully saturated rings. The van der Waals surface area contributed by atoms with E-state index in [9.17, 15) is 9.59 Å². The van der Waals surface area contributed by atoms with Crippen LogP contribution in [-0.2, 0) is 23.8 Å². The van der Waals surface area contributed by atoms with Crippen LogP contribution >= 0.6 is 0 Å². The van der Waals surface area contributed by atoms with Crippen molar-refractivity contribution in [2.75, 3.05) is 19.8 Å². The van der Waals surface area contributed by atoms with Crippen LogP contribution in [0.4, 0.5) is 0 Å². The van der Waals surface area contributed by atoms with E-state index in [-0.39, 0.29) is 25.2 Å². The molecular weight excluding hydrogens is 813 g/mol. The monoisotopic (exact) mass is 919 g/mol. The summed E-state index contributed by atoms with van der Waals surface area (Å²) < 4.78 is 17.4. The lowest BCUT2D eigenvalue weighted by molar-refractivity contribution is -0.163. The first-order valence-corrected chi connectivity index (χ1v) is 28.1. The van der Waals surface area contributed by atoms with Crippen molar-refractivity contribution >= 4 is 11.9 Å². The maximum absolute atomic E-state index is 12.8. The largest absolute Gasteiger partial charge is 0.462 e. The van der Waals surface area contributed by atoms with Gasteiger partial charge in [-0.1, -0.05) is 221 Å². The quantitative estimate of drug-likeness (QED) is 0.0346. The summed E-state index contributed by atoms with van der Waals surface area (Å²) in [6.45, 7) is 7.65. The fraction of sp³-hybridized carbons (Fsp3) is 0.738. The van der Waals surface area contributed by atoms with Crippen molar-refractivity contribution in [1.29, 1.82) is 0 Å². The number of esters is 2. The number of ether oxygens (including phenoxy) is 3. The molecule has 0 spiro atoms. The summed E-state index contributed by atoms with van der Waals surface area (Å²) in [4.78, 5) is 25.5. The highest BCUT2D eigenvalue weighted by Crippen LogP contribution is 2.14. The van der Waals surface area contributed by atoms with Crippen molar-refractivity contribution < 1.29 is 23.8 Å². The number of allylic oxidation sites excluding steroid dienone is 14. The molecule has 0 aromatic heterocycles. The number of unbranched alkanes of at least 4 members (excludes halogenated alkanes) is 26. The van der Waals surface area contributed by atoms with E-state index in [1.54, 1.807) is 0 Å². The number of hydrogen-bond donors (Lipinski definition) is 0. The molecule has 1 unspecified atom stereocenters. The summed E-state index contributed by atoms with van der Waals surface area (Å²) in [5, 5.41) is 0.